The van der Waals surface area contributed by atoms with Crippen LogP contribution in [0.25, 0.3) is 34.4 Å². The van der Waals surface area contributed by atoms with Crippen LogP contribution in [-0.2, 0) is 22.7 Å². The maximum absolute atomic E-state index is 6.09. The molecule has 9 rings (SSSR count). The summed E-state index contributed by atoms with van der Waals surface area (Å²) in [5.74, 6) is 0. The van der Waals surface area contributed by atoms with E-state index >= 15 is 0 Å². The Kier molecular flexibility index (Phi) is 12.5. The van der Waals surface area contributed by atoms with Crippen molar-refractivity contribution in [1.29, 1.82) is 0 Å². The summed E-state index contributed by atoms with van der Waals surface area (Å²) in [5.41, 5.74) is 15.8. The van der Waals surface area contributed by atoms with E-state index in [9.17, 15) is 0 Å². The number of hydrogen-bond acceptors (Lipinski definition) is 1. The van der Waals surface area contributed by atoms with E-state index in [0.29, 0.717) is 13.2 Å². The van der Waals surface area contributed by atoms with Crippen molar-refractivity contribution in [2.24, 2.45) is 0 Å². The molecule has 301 valence electrons. The molecule has 1 saturated heterocycles. The zero-order valence-electron chi connectivity index (χ0n) is 35.0. The summed E-state index contributed by atoms with van der Waals surface area (Å²) in [5, 5.41) is 5.08. The first-order valence-electron chi connectivity index (χ1n) is 21.2. The van der Waals surface area contributed by atoms with Gasteiger partial charge in [0.2, 0.25) is 0 Å². The molecule has 1 heterocycles. The van der Waals surface area contributed by atoms with Crippen LogP contribution in [-0.4, -0.2) is 13.2 Å². The summed E-state index contributed by atoms with van der Waals surface area (Å²) >= 11 is 1.82. The average Bonchev–Trinajstić information content (AvgIpc) is 3.92. The standard InChI is InChI=1S/C59H47OP.Os/c1-4-21-44-33-36-54-55-37-34-45(39-57(55)59(56(54)38-44)58(47-22-11-6-12-23-47)48-24-13-7-14-25-48)32-35-49(40-50-42-60-41-46(50)5-2)43(3)61(51-26-15-8-16-27-51,52-28-17-9-18-29-52)53-30-19-10-20-31-53;/h4-40H,41-42H2,1-2H3;/q+1;/b21-4+,35-32+,46-5?,49-43?,50-40?;. The molecule has 7 aromatic rings. The van der Waals surface area contributed by atoms with Crippen molar-refractivity contribution in [3.8, 4) is 15.5 Å². The zero-order valence-corrected chi connectivity index (χ0v) is 38.4. The molecule has 7 aromatic carbocycles. The van der Waals surface area contributed by atoms with Crippen molar-refractivity contribution in [3.63, 3.8) is 0 Å². The van der Waals surface area contributed by atoms with E-state index in [4.69, 9.17) is 4.74 Å². The fourth-order valence-electron chi connectivity index (χ4n) is 9.01. The Hall–Kier alpha value is -6.21. The minimum atomic E-state index is -2.47. The Morgan fingerprint density at radius 1 is 0.532 bits per heavy atom. The molecule has 0 aromatic heterocycles. The second-order valence-electron chi connectivity index (χ2n) is 15.5. The van der Waals surface area contributed by atoms with Crippen molar-refractivity contribution in [2.45, 2.75) is 13.8 Å². The summed E-state index contributed by atoms with van der Waals surface area (Å²) in [6.45, 7) is 5.39. The van der Waals surface area contributed by atoms with Crippen molar-refractivity contribution >= 4 is 46.5 Å². The second-order valence-corrected chi connectivity index (χ2v) is 19.4. The van der Waals surface area contributed by atoms with Gasteiger partial charge in [-0.25, -0.2) is 0 Å². The molecular formula is C59H47OOsP+. The number of fused-ring (bicyclic) bond motifs is 3. The molecule has 0 bridgehead atoms. The van der Waals surface area contributed by atoms with Crippen LogP contribution in [0.15, 0.2) is 234 Å². The Labute approximate surface area is 377 Å². The van der Waals surface area contributed by atoms with E-state index in [1.807, 2.05) is 17.9 Å². The van der Waals surface area contributed by atoms with E-state index in [-0.39, 0.29) is 0 Å². The van der Waals surface area contributed by atoms with Gasteiger partial charge in [-0.15, -0.1) is 0 Å². The molecule has 1 aliphatic carbocycles. The molecular weight excluding hydrogens is 946 g/mol. The van der Waals surface area contributed by atoms with Gasteiger partial charge in [-0.1, -0.05) is 48.6 Å². The predicted molar refractivity (Wildman–Crippen MR) is 262 cm³/mol. The minimum absolute atomic E-state index is 0.575. The Balaban J connectivity index is 1.31. The molecule has 0 radical (unpaired) electrons. The van der Waals surface area contributed by atoms with E-state index < -0.39 is 7.26 Å². The van der Waals surface area contributed by atoms with Gasteiger partial charge in [0.15, 0.2) is 0 Å². The summed E-state index contributed by atoms with van der Waals surface area (Å²) in [4.78, 5) is 0. The molecule has 0 saturated carbocycles. The fraction of sp³-hybridized carbons (Fsp3) is 0.0678. The molecule has 0 amide bonds. The fourth-order valence-corrected chi connectivity index (χ4v) is 14.8. The van der Waals surface area contributed by atoms with Crippen LogP contribution in [0.5, 0.6) is 0 Å². The third-order valence-electron chi connectivity index (χ3n) is 11.8. The molecule has 0 unspecified atom stereocenters. The number of rotatable bonds is 10. The van der Waals surface area contributed by atoms with Gasteiger partial charge in [-0.3, -0.25) is 0 Å². The monoisotopic (exact) mass is 994 g/mol. The van der Waals surface area contributed by atoms with Gasteiger partial charge in [-0.2, -0.15) is 0 Å². The van der Waals surface area contributed by atoms with Gasteiger partial charge in [0.25, 0.3) is 0 Å². The average molecular weight is 993 g/mol. The first-order valence-corrected chi connectivity index (χ1v) is 24.2. The molecule has 0 atom stereocenters. The Morgan fingerprint density at radius 3 is 1.44 bits per heavy atom. The van der Waals surface area contributed by atoms with Gasteiger partial charge in [0.1, 0.15) is 0 Å². The normalized spacial score (nSPS) is 15.2. The van der Waals surface area contributed by atoms with Gasteiger partial charge in [-0.05, 0) is 6.92 Å². The van der Waals surface area contributed by atoms with Crippen molar-refractivity contribution < 1.29 is 22.7 Å². The number of allylic oxidation sites excluding steroid dienone is 6. The van der Waals surface area contributed by atoms with E-state index in [2.05, 4.69) is 243 Å². The van der Waals surface area contributed by atoms with Crippen molar-refractivity contribution in [1.82, 2.24) is 0 Å². The maximum atomic E-state index is 6.09. The zero-order chi connectivity index (χ0) is 42.3. The Morgan fingerprint density at radius 2 is 0.984 bits per heavy atom. The number of hydrogen-bond donors (Lipinski definition) is 0. The topological polar surface area (TPSA) is 9.23 Å². The molecule has 0 N–H and O–H groups in total. The summed E-state index contributed by atoms with van der Waals surface area (Å²) in [6.07, 6.45) is 13.5. The van der Waals surface area contributed by atoms with Gasteiger partial charge < -0.3 is 0 Å². The quantitative estimate of drug-likeness (QED) is 0.0980. The first-order chi connectivity index (χ1) is 30.6. The van der Waals surface area contributed by atoms with E-state index in [0.717, 1.165) is 11.1 Å². The van der Waals surface area contributed by atoms with Crippen LogP contribution < -0.4 is 15.9 Å². The summed E-state index contributed by atoms with van der Waals surface area (Å²) in [6, 6.07) is 68.9. The van der Waals surface area contributed by atoms with Crippen LogP contribution >= 0.6 is 7.26 Å². The van der Waals surface area contributed by atoms with E-state index in [1.165, 1.54) is 82.5 Å². The molecule has 1 nitrogen and oxygen atoms in total. The molecule has 3 heteroatoms. The first kappa shape index (κ1) is 41.2. The van der Waals surface area contributed by atoms with Gasteiger partial charge >= 0.3 is 324 Å². The van der Waals surface area contributed by atoms with Crippen LogP contribution in [0.4, 0.5) is 0 Å². The van der Waals surface area contributed by atoms with Gasteiger partial charge in [0, 0.05) is 0 Å². The van der Waals surface area contributed by atoms with Gasteiger partial charge in [0.05, 0.1) is 0 Å². The van der Waals surface area contributed by atoms with Crippen molar-refractivity contribution in [3.05, 3.63) is 268 Å². The molecule has 0 spiro atoms. The van der Waals surface area contributed by atoms with Crippen LogP contribution in [0, 0.1) is 4.37 Å². The van der Waals surface area contributed by atoms with Crippen LogP contribution in [0.3, 0.4) is 0 Å². The van der Waals surface area contributed by atoms with Crippen LogP contribution in [0.1, 0.15) is 47.2 Å². The second kappa shape index (κ2) is 18.8. The third-order valence-corrected chi connectivity index (χ3v) is 17.2. The third kappa shape index (κ3) is 7.89. The van der Waals surface area contributed by atoms with Crippen molar-refractivity contribution in [2.75, 3.05) is 13.2 Å². The molecule has 62 heavy (non-hydrogen) atoms. The predicted octanol–water partition coefficient (Wildman–Crippen LogP) is 13.4. The SMILES string of the molecule is CC=C1COCC1=CC(/C=C/c1ccc2c(c1)C(=C(c1ccccc1)c1ccccc1)c1cc(/C=C/C)ccc1-2)=C([C]#[Os])[P+](c1ccccc1)(c1ccccc1)c1ccccc1. The molecule has 1 fully saturated rings. The number of ether oxygens (including phenoxy) is 1. The molecule has 2 aliphatic rings. The summed E-state index contributed by atoms with van der Waals surface area (Å²) in [7, 11) is -2.47. The number of benzene rings is 7. The van der Waals surface area contributed by atoms with Crippen LogP contribution in [0.2, 0.25) is 0 Å². The summed E-state index contributed by atoms with van der Waals surface area (Å²) < 4.78 is 9.98. The molecule has 1 aliphatic heterocycles. The van der Waals surface area contributed by atoms with E-state index in [1.54, 1.807) is 0 Å². The Bertz CT molecular complexity index is 2830.